The van der Waals surface area contributed by atoms with Crippen molar-refractivity contribution in [2.24, 2.45) is 4.99 Å². The van der Waals surface area contributed by atoms with Gasteiger partial charge >= 0.3 is 0 Å². The van der Waals surface area contributed by atoms with Crippen LogP contribution in [0.25, 0.3) is 6.08 Å². The first-order valence-electron chi connectivity index (χ1n) is 7.25. The number of benzene rings is 2. The molecule has 0 saturated heterocycles. The third kappa shape index (κ3) is 2.94. The van der Waals surface area contributed by atoms with Gasteiger partial charge in [-0.1, -0.05) is 30.3 Å². The maximum absolute atomic E-state index is 12.3. The Morgan fingerprint density at radius 3 is 2.35 bits per heavy atom. The molecular formula is C18H17N3O2. The number of phenolic OH excluding ortho intramolecular Hbond substituents is 1. The van der Waals surface area contributed by atoms with Crippen molar-refractivity contribution in [1.29, 1.82) is 0 Å². The highest BCUT2D eigenvalue weighted by Gasteiger charge is 2.27. The molecule has 3 rings (SSSR count). The number of para-hydroxylation sites is 1. The lowest BCUT2D eigenvalue weighted by Gasteiger charge is -2.38. The summed E-state index contributed by atoms with van der Waals surface area (Å²) in [4.78, 5) is 16.4. The Kier molecular flexibility index (Phi) is 3.85. The Hall–Kier alpha value is -3.08. The molecule has 0 unspecified atom stereocenters. The van der Waals surface area contributed by atoms with E-state index < -0.39 is 0 Å². The van der Waals surface area contributed by atoms with E-state index in [1.54, 1.807) is 42.3 Å². The molecule has 0 aromatic heterocycles. The van der Waals surface area contributed by atoms with Gasteiger partial charge in [-0.05, 0) is 42.8 Å². The molecule has 0 aliphatic carbocycles. The van der Waals surface area contributed by atoms with Crippen LogP contribution < -0.4 is 5.01 Å². The lowest BCUT2D eigenvalue weighted by molar-refractivity contribution is -0.116. The van der Waals surface area contributed by atoms with E-state index in [2.05, 4.69) is 4.99 Å². The van der Waals surface area contributed by atoms with Crippen LogP contribution >= 0.6 is 0 Å². The number of amidine groups is 1. The van der Waals surface area contributed by atoms with Gasteiger partial charge in [0.1, 0.15) is 17.3 Å². The average molecular weight is 307 g/mol. The van der Waals surface area contributed by atoms with Gasteiger partial charge in [0.15, 0.2) is 0 Å². The largest absolute Gasteiger partial charge is 0.508 e. The van der Waals surface area contributed by atoms with Crippen molar-refractivity contribution in [1.82, 2.24) is 5.01 Å². The van der Waals surface area contributed by atoms with Crippen LogP contribution in [0.2, 0.25) is 0 Å². The summed E-state index contributed by atoms with van der Waals surface area (Å²) in [6.45, 7) is 1.80. The van der Waals surface area contributed by atoms with Crippen LogP contribution in [0.5, 0.6) is 5.75 Å². The van der Waals surface area contributed by atoms with Crippen LogP contribution in [0.15, 0.2) is 65.3 Å². The van der Waals surface area contributed by atoms with Crippen LogP contribution in [-0.4, -0.2) is 28.9 Å². The van der Waals surface area contributed by atoms with Crippen molar-refractivity contribution in [3.63, 3.8) is 0 Å². The van der Waals surface area contributed by atoms with Crippen LogP contribution in [0, 0.1) is 0 Å². The van der Waals surface area contributed by atoms with Crippen molar-refractivity contribution >= 4 is 23.5 Å². The van der Waals surface area contributed by atoms with Crippen molar-refractivity contribution in [3.8, 4) is 5.75 Å². The number of hydrogen-bond acceptors (Lipinski definition) is 4. The lowest BCUT2D eigenvalue weighted by atomic mass is 10.1. The Morgan fingerprint density at radius 1 is 1.04 bits per heavy atom. The molecule has 1 N–H and O–H groups in total. The number of aliphatic imine (C=N–C) groups is 1. The van der Waals surface area contributed by atoms with E-state index in [-0.39, 0.29) is 11.7 Å². The molecule has 1 heterocycles. The molecule has 0 bridgehead atoms. The summed E-state index contributed by atoms with van der Waals surface area (Å²) in [5.41, 5.74) is 2.21. The van der Waals surface area contributed by atoms with Crippen molar-refractivity contribution in [3.05, 3.63) is 65.9 Å². The highest BCUT2D eigenvalue weighted by Crippen LogP contribution is 2.25. The summed E-state index contributed by atoms with van der Waals surface area (Å²) in [7, 11) is 1.83. The van der Waals surface area contributed by atoms with Gasteiger partial charge in [0.2, 0.25) is 0 Å². The lowest BCUT2D eigenvalue weighted by Crippen LogP contribution is -2.48. The number of nitrogens with zero attached hydrogens (tertiary/aromatic N) is 3. The molecule has 0 atom stereocenters. The summed E-state index contributed by atoms with van der Waals surface area (Å²) >= 11 is 0. The smallest absolute Gasteiger partial charge is 0.296 e. The van der Waals surface area contributed by atoms with Gasteiger partial charge in [-0.2, -0.15) is 4.99 Å². The molecule has 116 valence electrons. The maximum Gasteiger partial charge on any atom is 0.296 e. The maximum atomic E-state index is 12.3. The van der Waals surface area contributed by atoms with Gasteiger partial charge in [0.05, 0.1) is 5.69 Å². The second-order valence-electron chi connectivity index (χ2n) is 5.26. The van der Waals surface area contributed by atoms with Gasteiger partial charge in [0, 0.05) is 7.05 Å². The second-order valence-corrected chi connectivity index (χ2v) is 5.26. The number of carbonyl (C=O) groups excluding carboxylic acids is 1. The van der Waals surface area contributed by atoms with E-state index in [1.807, 2.05) is 42.4 Å². The second kappa shape index (κ2) is 5.96. The first-order valence-corrected chi connectivity index (χ1v) is 7.25. The molecule has 5 heteroatoms. The number of carbonyl (C=O) groups is 1. The van der Waals surface area contributed by atoms with Crippen LogP contribution in [0.3, 0.4) is 0 Å². The molecule has 5 nitrogen and oxygen atoms in total. The summed E-state index contributed by atoms with van der Waals surface area (Å²) in [6.07, 6.45) is 1.76. The van der Waals surface area contributed by atoms with Crippen LogP contribution in [-0.2, 0) is 4.79 Å². The molecule has 1 aliphatic rings. The minimum absolute atomic E-state index is 0.190. The first-order chi connectivity index (χ1) is 11.1. The van der Waals surface area contributed by atoms with Gasteiger partial charge in [0.25, 0.3) is 5.91 Å². The van der Waals surface area contributed by atoms with Gasteiger partial charge in [-0.3, -0.25) is 9.80 Å². The SMILES string of the molecule is CC1=NC(=O)C(=Cc2ccc(O)cc2)N(C)N1c1ccccc1. The van der Waals surface area contributed by atoms with Crippen molar-refractivity contribution in [2.75, 3.05) is 12.1 Å². The number of likely N-dealkylation sites (N-methyl/N-ethyl adjacent to an activating group) is 1. The fourth-order valence-electron chi connectivity index (χ4n) is 2.53. The highest BCUT2D eigenvalue weighted by atomic mass is 16.3. The monoisotopic (exact) mass is 307 g/mol. The fraction of sp³-hybridized carbons (Fsp3) is 0.111. The van der Waals surface area contributed by atoms with Crippen LogP contribution in [0.1, 0.15) is 12.5 Å². The molecule has 0 fully saturated rings. The highest BCUT2D eigenvalue weighted by molar-refractivity contribution is 6.12. The summed E-state index contributed by atoms with van der Waals surface area (Å²) < 4.78 is 0. The van der Waals surface area contributed by atoms with E-state index in [4.69, 9.17) is 0 Å². The number of rotatable bonds is 2. The molecule has 2 aromatic rings. The Morgan fingerprint density at radius 2 is 1.70 bits per heavy atom. The summed E-state index contributed by atoms with van der Waals surface area (Å²) in [6, 6.07) is 16.4. The van der Waals surface area contributed by atoms with Crippen molar-refractivity contribution in [2.45, 2.75) is 6.92 Å². The first kappa shape index (κ1) is 14.8. The predicted molar refractivity (Wildman–Crippen MR) is 90.9 cm³/mol. The molecule has 23 heavy (non-hydrogen) atoms. The number of hydrazine groups is 1. The molecule has 1 amide bonds. The van der Waals surface area contributed by atoms with E-state index in [1.165, 1.54) is 0 Å². The Balaban J connectivity index is 2.02. The van der Waals surface area contributed by atoms with Gasteiger partial charge in [-0.25, -0.2) is 5.01 Å². The summed E-state index contributed by atoms with van der Waals surface area (Å²) in [5, 5.41) is 13.0. The number of phenols is 1. The zero-order chi connectivity index (χ0) is 16.4. The average Bonchev–Trinajstić information content (AvgIpc) is 2.54. The Bertz CT molecular complexity index is 780. The quantitative estimate of drug-likeness (QED) is 0.866. The van der Waals surface area contributed by atoms with Gasteiger partial charge < -0.3 is 5.11 Å². The zero-order valence-corrected chi connectivity index (χ0v) is 13.0. The minimum Gasteiger partial charge on any atom is -0.508 e. The van der Waals surface area contributed by atoms with E-state index in [0.29, 0.717) is 11.5 Å². The fourth-order valence-corrected chi connectivity index (χ4v) is 2.53. The third-order valence-electron chi connectivity index (χ3n) is 3.63. The standard InChI is InChI=1S/C18H17N3O2/c1-13-19-18(23)17(12-14-8-10-16(22)11-9-14)20(2)21(13)15-6-4-3-5-7-15/h3-12,22H,1-2H3. The molecule has 0 saturated carbocycles. The van der Waals surface area contributed by atoms with E-state index in [9.17, 15) is 9.90 Å². The molecule has 0 radical (unpaired) electrons. The van der Waals surface area contributed by atoms with Crippen LogP contribution in [0.4, 0.5) is 5.69 Å². The molecule has 1 aliphatic heterocycles. The number of amides is 1. The normalized spacial score (nSPS) is 16.7. The van der Waals surface area contributed by atoms with E-state index in [0.717, 1.165) is 11.3 Å². The number of aromatic hydroxyl groups is 1. The topological polar surface area (TPSA) is 56.1 Å². The van der Waals surface area contributed by atoms with Crippen molar-refractivity contribution < 1.29 is 9.90 Å². The third-order valence-corrected chi connectivity index (χ3v) is 3.63. The van der Waals surface area contributed by atoms with Gasteiger partial charge in [-0.15, -0.1) is 0 Å². The number of anilines is 1. The summed E-state index contributed by atoms with van der Waals surface area (Å²) in [5.74, 6) is 0.520. The minimum atomic E-state index is -0.287. The number of hydrogen-bond donors (Lipinski definition) is 1. The molecular weight excluding hydrogens is 290 g/mol. The molecule has 2 aromatic carbocycles. The molecule has 0 spiro atoms. The zero-order valence-electron chi connectivity index (χ0n) is 13.0. The Labute approximate surface area is 134 Å². The van der Waals surface area contributed by atoms with E-state index >= 15 is 0 Å². The predicted octanol–water partition coefficient (Wildman–Crippen LogP) is 3.05.